The quantitative estimate of drug-likeness (QED) is 0.517. The summed E-state index contributed by atoms with van der Waals surface area (Å²) in [5, 5.41) is 18.4. The van der Waals surface area contributed by atoms with Gasteiger partial charge in [-0.3, -0.25) is 9.58 Å². The Morgan fingerprint density at radius 2 is 2.09 bits per heavy atom. The van der Waals surface area contributed by atoms with Gasteiger partial charge in [0.15, 0.2) is 0 Å². The van der Waals surface area contributed by atoms with Crippen molar-refractivity contribution < 1.29 is 9.90 Å². The average Bonchev–Trinajstić information content (AvgIpc) is 3.40. The van der Waals surface area contributed by atoms with Gasteiger partial charge in [0.2, 0.25) is 0 Å². The summed E-state index contributed by atoms with van der Waals surface area (Å²) >= 11 is 6.12. The fraction of sp³-hybridized carbons (Fsp3) is 0.577. The van der Waals surface area contributed by atoms with E-state index in [9.17, 15) is 9.90 Å². The summed E-state index contributed by atoms with van der Waals surface area (Å²) in [5.41, 5.74) is 4.40. The van der Waals surface area contributed by atoms with E-state index >= 15 is 0 Å². The number of imidazole rings is 1. The summed E-state index contributed by atoms with van der Waals surface area (Å²) in [6, 6.07) is 4.49. The molecular formula is C26H33ClN6O2. The maximum Gasteiger partial charge on any atom is 0.412 e. The van der Waals surface area contributed by atoms with Gasteiger partial charge in [0.1, 0.15) is 5.82 Å². The lowest BCUT2D eigenvalue weighted by Gasteiger charge is -2.51. The molecule has 2 N–H and O–H groups in total. The van der Waals surface area contributed by atoms with Gasteiger partial charge in [0.25, 0.3) is 0 Å². The van der Waals surface area contributed by atoms with Crippen LogP contribution in [0.2, 0.25) is 5.02 Å². The van der Waals surface area contributed by atoms with Crippen molar-refractivity contribution in [2.24, 2.45) is 5.41 Å². The average molecular weight is 497 g/mol. The minimum atomic E-state index is -0.895. The molecule has 8 nitrogen and oxygen atoms in total. The van der Waals surface area contributed by atoms with Crippen molar-refractivity contribution in [1.29, 1.82) is 0 Å². The van der Waals surface area contributed by atoms with Crippen molar-refractivity contribution in [3.05, 3.63) is 40.9 Å². The zero-order valence-electron chi connectivity index (χ0n) is 20.4. The molecule has 186 valence electrons. The Balaban J connectivity index is 1.43. The van der Waals surface area contributed by atoms with E-state index in [-0.39, 0.29) is 12.0 Å². The summed E-state index contributed by atoms with van der Waals surface area (Å²) in [7, 11) is 0. The molecule has 0 bridgehead atoms. The number of halogens is 1. The molecule has 3 aliphatic rings. The molecule has 1 amide bonds. The van der Waals surface area contributed by atoms with Crippen molar-refractivity contribution >= 4 is 34.4 Å². The van der Waals surface area contributed by atoms with Crippen LogP contribution in [0.25, 0.3) is 11.0 Å². The number of piperidine rings is 1. The minimum Gasteiger partial charge on any atom is -0.465 e. The van der Waals surface area contributed by atoms with Crippen molar-refractivity contribution in [3.8, 4) is 0 Å². The van der Waals surface area contributed by atoms with Crippen LogP contribution in [0.3, 0.4) is 0 Å². The van der Waals surface area contributed by atoms with Crippen LogP contribution >= 0.6 is 11.6 Å². The number of fused-ring (bicyclic) bond motifs is 3. The number of nitrogens with zero attached hydrogens (tertiary/aromatic N) is 5. The summed E-state index contributed by atoms with van der Waals surface area (Å²) in [4.78, 5) is 18.8. The minimum absolute atomic E-state index is 0.0334. The third-order valence-corrected chi connectivity index (χ3v) is 8.75. The van der Waals surface area contributed by atoms with Crippen LogP contribution in [0.15, 0.2) is 24.5 Å². The second-order valence-electron chi connectivity index (χ2n) is 10.9. The van der Waals surface area contributed by atoms with Crippen molar-refractivity contribution in [3.63, 3.8) is 0 Å². The summed E-state index contributed by atoms with van der Waals surface area (Å²) in [6.07, 6.45) is 9.13. The smallest absolute Gasteiger partial charge is 0.412 e. The van der Waals surface area contributed by atoms with E-state index in [0.29, 0.717) is 23.0 Å². The number of nitrogens with one attached hydrogen (secondary N) is 1. The number of benzene rings is 1. The number of amides is 1. The predicted octanol–water partition coefficient (Wildman–Crippen LogP) is 5.21. The molecular weight excluding hydrogens is 464 g/mol. The maximum absolute atomic E-state index is 12.1. The molecule has 9 heteroatoms. The highest BCUT2D eigenvalue weighted by Gasteiger charge is 2.46. The molecule has 0 radical (unpaired) electrons. The number of hydrogen-bond acceptors (Lipinski definition) is 4. The van der Waals surface area contributed by atoms with Crippen LogP contribution < -0.4 is 10.2 Å². The van der Waals surface area contributed by atoms with E-state index in [2.05, 4.69) is 28.0 Å². The molecule has 1 aromatic carbocycles. The van der Waals surface area contributed by atoms with Gasteiger partial charge in [0.05, 0.1) is 34.5 Å². The Morgan fingerprint density at radius 3 is 2.77 bits per heavy atom. The van der Waals surface area contributed by atoms with Gasteiger partial charge in [-0.05, 0) is 76.1 Å². The molecule has 6 rings (SSSR count). The molecule has 1 saturated carbocycles. The fourth-order valence-electron chi connectivity index (χ4n) is 6.73. The van der Waals surface area contributed by atoms with Crippen LogP contribution in [-0.4, -0.2) is 49.7 Å². The maximum atomic E-state index is 12.1. The Labute approximate surface area is 210 Å². The van der Waals surface area contributed by atoms with Crippen LogP contribution in [0.4, 0.5) is 10.5 Å². The Hall–Kier alpha value is -2.58. The van der Waals surface area contributed by atoms with Crippen LogP contribution in [0.5, 0.6) is 0 Å². The van der Waals surface area contributed by atoms with Crippen molar-refractivity contribution in [2.45, 2.75) is 76.9 Å². The monoisotopic (exact) mass is 496 g/mol. The van der Waals surface area contributed by atoms with Gasteiger partial charge >= 0.3 is 6.09 Å². The number of aromatic nitrogens is 4. The summed E-state index contributed by atoms with van der Waals surface area (Å²) in [5.74, 6) is 1.20. The summed E-state index contributed by atoms with van der Waals surface area (Å²) in [6.45, 7) is 7.09. The highest BCUT2D eigenvalue weighted by atomic mass is 35.5. The molecule has 2 fully saturated rings. The number of aryl methyl sites for hydroxylation is 1. The Bertz CT molecular complexity index is 1270. The zero-order chi connectivity index (χ0) is 24.3. The van der Waals surface area contributed by atoms with E-state index in [4.69, 9.17) is 16.6 Å². The molecule has 2 aromatic heterocycles. The number of carbonyl (C=O) groups is 1. The first kappa shape index (κ1) is 22.9. The van der Waals surface area contributed by atoms with Crippen LogP contribution in [0.1, 0.15) is 69.3 Å². The Kier molecular flexibility index (Phi) is 5.56. The predicted molar refractivity (Wildman–Crippen MR) is 136 cm³/mol. The zero-order valence-corrected chi connectivity index (χ0v) is 21.1. The van der Waals surface area contributed by atoms with E-state index in [1.54, 1.807) is 6.20 Å². The molecule has 4 heterocycles. The lowest BCUT2D eigenvalue weighted by molar-refractivity contribution is 0.0289. The molecule has 0 unspecified atom stereocenters. The van der Waals surface area contributed by atoms with Gasteiger partial charge in [-0.2, -0.15) is 5.10 Å². The first-order valence-electron chi connectivity index (χ1n) is 12.8. The second-order valence-corrected chi connectivity index (χ2v) is 11.3. The van der Waals surface area contributed by atoms with Gasteiger partial charge in [0, 0.05) is 29.8 Å². The normalized spacial score (nSPS) is 22.8. The number of hydrogen-bond donors (Lipinski definition) is 2. The molecule has 35 heavy (non-hydrogen) atoms. The van der Waals surface area contributed by atoms with Crippen molar-refractivity contribution in [1.82, 2.24) is 24.6 Å². The van der Waals surface area contributed by atoms with Crippen LogP contribution in [0, 0.1) is 5.41 Å². The van der Waals surface area contributed by atoms with E-state index in [1.807, 2.05) is 23.9 Å². The first-order valence-corrected chi connectivity index (χ1v) is 13.2. The standard InChI is InChI=1S/C26H33ClN6O2/c1-16(14-31-15-18(27)13-29-31)24-30-23-20-4-3-17(2)32(25(34)35)21(20)5-6-22(23)33(24)19-11-26(12-19)7-9-28-10-8-26/h5-6,13,15-17,19,28H,3-4,7-12,14H2,1-2H3,(H,34,35)/t16-,17-/m0/s1. The van der Waals surface area contributed by atoms with E-state index in [1.165, 1.54) is 30.6 Å². The lowest BCUT2D eigenvalue weighted by Crippen LogP contribution is -2.46. The molecule has 1 aliphatic carbocycles. The number of rotatable bonds is 4. The lowest BCUT2D eigenvalue weighted by atomic mass is 9.60. The van der Waals surface area contributed by atoms with Crippen molar-refractivity contribution in [2.75, 3.05) is 18.0 Å². The molecule has 2 atom stereocenters. The molecule has 3 aromatic rings. The third-order valence-electron chi connectivity index (χ3n) is 8.56. The summed E-state index contributed by atoms with van der Waals surface area (Å²) < 4.78 is 4.36. The van der Waals surface area contributed by atoms with E-state index in [0.717, 1.165) is 54.0 Å². The third kappa shape index (κ3) is 3.82. The van der Waals surface area contributed by atoms with E-state index < -0.39 is 6.09 Å². The molecule has 1 spiro atoms. The van der Waals surface area contributed by atoms with Gasteiger partial charge in [-0.1, -0.05) is 18.5 Å². The largest absolute Gasteiger partial charge is 0.465 e. The topological polar surface area (TPSA) is 88.2 Å². The highest BCUT2D eigenvalue weighted by molar-refractivity contribution is 6.30. The molecule has 2 aliphatic heterocycles. The number of carboxylic acid groups (broad SMARTS) is 1. The van der Waals surface area contributed by atoms with Gasteiger partial charge < -0.3 is 15.0 Å². The fourth-order valence-corrected chi connectivity index (χ4v) is 6.88. The first-order chi connectivity index (χ1) is 16.8. The van der Waals surface area contributed by atoms with Gasteiger partial charge in [-0.15, -0.1) is 0 Å². The highest BCUT2D eigenvalue weighted by Crippen LogP contribution is 2.55. The Morgan fingerprint density at radius 1 is 1.31 bits per heavy atom. The second kappa shape index (κ2) is 8.52. The van der Waals surface area contributed by atoms with Crippen LogP contribution in [-0.2, 0) is 13.0 Å². The molecule has 1 saturated heterocycles. The van der Waals surface area contributed by atoms with Gasteiger partial charge in [-0.25, -0.2) is 9.78 Å². The SMILES string of the molecule is C[C@@H](Cn1cc(Cl)cn1)c1nc2c3c(ccc2n1C1CC2(CCNCC2)C1)N(C(=O)O)[C@@H](C)CC3. The number of anilines is 1.